The van der Waals surface area contributed by atoms with Crippen molar-refractivity contribution in [3.05, 3.63) is 82.9 Å². The van der Waals surface area contributed by atoms with Gasteiger partial charge in [-0.25, -0.2) is 9.07 Å². The highest BCUT2D eigenvalue weighted by atomic mass is 19.1. The Labute approximate surface area is 152 Å². The number of hydrogen-bond acceptors (Lipinski definition) is 2. The molecule has 0 radical (unpaired) electrons. The van der Waals surface area contributed by atoms with E-state index in [0.29, 0.717) is 13.0 Å². The summed E-state index contributed by atoms with van der Waals surface area (Å²) in [6.07, 6.45) is 0.887. The molecule has 2 aromatic carbocycles. The number of nitrogens with one attached hydrogen (secondary N) is 1. The number of amides is 1. The van der Waals surface area contributed by atoms with E-state index in [1.165, 1.54) is 12.1 Å². The van der Waals surface area contributed by atoms with Gasteiger partial charge in [0.1, 0.15) is 5.82 Å². The molecule has 1 aromatic heterocycles. The number of benzene rings is 2. The Hall–Kier alpha value is -2.95. The Morgan fingerprint density at radius 2 is 1.88 bits per heavy atom. The van der Waals surface area contributed by atoms with Crippen molar-refractivity contribution in [3.63, 3.8) is 0 Å². The van der Waals surface area contributed by atoms with Crippen molar-refractivity contribution in [3.8, 4) is 5.69 Å². The summed E-state index contributed by atoms with van der Waals surface area (Å²) in [5.74, 6) is -0.311. The van der Waals surface area contributed by atoms with Crippen LogP contribution < -0.4 is 5.32 Å². The van der Waals surface area contributed by atoms with Gasteiger partial charge < -0.3 is 5.32 Å². The van der Waals surface area contributed by atoms with Gasteiger partial charge in [-0.3, -0.25) is 4.79 Å². The number of carbonyl (C=O) groups is 1. The van der Waals surface area contributed by atoms with Crippen molar-refractivity contribution in [1.82, 2.24) is 15.1 Å². The third-order valence-electron chi connectivity index (χ3n) is 4.40. The molecule has 0 fully saturated rings. The van der Waals surface area contributed by atoms with Gasteiger partial charge >= 0.3 is 0 Å². The number of nitrogens with zero attached hydrogens (tertiary/aromatic N) is 2. The summed E-state index contributed by atoms with van der Waals surface area (Å²) in [7, 11) is 0. The second-order valence-corrected chi connectivity index (χ2v) is 6.30. The molecule has 134 valence electrons. The quantitative estimate of drug-likeness (QED) is 0.738. The van der Waals surface area contributed by atoms with Crippen LogP contribution in [0.5, 0.6) is 0 Å². The molecule has 5 heteroatoms. The van der Waals surface area contributed by atoms with E-state index >= 15 is 0 Å². The topological polar surface area (TPSA) is 46.9 Å². The van der Waals surface area contributed by atoms with Crippen molar-refractivity contribution in [2.75, 3.05) is 6.54 Å². The van der Waals surface area contributed by atoms with Crippen LogP contribution in [0.2, 0.25) is 0 Å². The molecule has 0 aliphatic carbocycles. The lowest BCUT2D eigenvalue weighted by Gasteiger charge is -2.07. The van der Waals surface area contributed by atoms with Crippen LogP contribution in [0.1, 0.15) is 22.5 Å². The Morgan fingerprint density at radius 3 is 2.62 bits per heavy atom. The molecule has 0 unspecified atom stereocenters. The van der Waals surface area contributed by atoms with Crippen molar-refractivity contribution in [2.24, 2.45) is 0 Å². The van der Waals surface area contributed by atoms with E-state index in [-0.39, 0.29) is 18.1 Å². The smallest absolute Gasteiger partial charge is 0.224 e. The fourth-order valence-corrected chi connectivity index (χ4v) is 3.01. The molecule has 0 atom stereocenters. The van der Waals surface area contributed by atoms with Gasteiger partial charge in [-0.2, -0.15) is 5.10 Å². The number of para-hydroxylation sites is 1. The molecular weight excluding hydrogens is 329 g/mol. The number of aryl methyl sites for hydroxylation is 1. The Morgan fingerprint density at radius 1 is 1.12 bits per heavy atom. The molecule has 0 saturated heterocycles. The van der Waals surface area contributed by atoms with Gasteiger partial charge in [-0.1, -0.05) is 30.3 Å². The molecule has 0 spiro atoms. The van der Waals surface area contributed by atoms with Crippen molar-refractivity contribution in [1.29, 1.82) is 0 Å². The zero-order valence-electron chi connectivity index (χ0n) is 15.0. The maximum absolute atomic E-state index is 13.2. The summed E-state index contributed by atoms with van der Waals surface area (Å²) in [6.45, 7) is 4.37. The van der Waals surface area contributed by atoms with Crippen LogP contribution in [0.3, 0.4) is 0 Å². The van der Waals surface area contributed by atoms with Crippen LogP contribution in [0, 0.1) is 19.7 Å². The van der Waals surface area contributed by atoms with E-state index in [4.69, 9.17) is 0 Å². The summed E-state index contributed by atoms with van der Waals surface area (Å²) in [4.78, 5) is 12.3. The third kappa shape index (κ3) is 4.17. The largest absolute Gasteiger partial charge is 0.355 e. The minimum absolute atomic E-state index is 0.0554. The van der Waals surface area contributed by atoms with Gasteiger partial charge in [-0.15, -0.1) is 0 Å². The van der Waals surface area contributed by atoms with Crippen molar-refractivity contribution >= 4 is 5.91 Å². The van der Waals surface area contributed by atoms with Crippen LogP contribution in [0.25, 0.3) is 5.69 Å². The minimum Gasteiger partial charge on any atom is -0.355 e. The number of rotatable bonds is 6. The Bertz CT molecular complexity index is 903. The maximum Gasteiger partial charge on any atom is 0.224 e. The molecule has 0 bridgehead atoms. The molecule has 1 heterocycles. The van der Waals surface area contributed by atoms with Crippen molar-refractivity contribution in [2.45, 2.75) is 26.7 Å². The summed E-state index contributed by atoms with van der Waals surface area (Å²) in [5, 5.41) is 7.47. The van der Waals surface area contributed by atoms with E-state index in [2.05, 4.69) is 10.4 Å². The number of hydrogen-bond donors (Lipinski definition) is 1. The van der Waals surface area contributed by atoms with E-state index in [9.17, 15) is 9.18 Å². The number of halogens is 1. The normalized spacial score (nSPS) is 10.7. The van der Waals surface area contributed by atoms with Crippen LogP contribution in [-0.2, 0) is 17.6 Å². The molecular formula is C21H22FN3O. The average molecular weight is 351 g/mol. The lowest BCUT2D eigenvalue weighted by Crippen LogP contribution is -2.27. The first kappa shape index (κ1) is 17.9. The highest BCUT2D eigenvalue weighted by Crippen LogP contribution is 2.18. The van der Waals surface area contributed by atoms with E-state index in [1.807, 2.05) is 54.9 Å². The summed E-state index contributed by atoms with van der Waals surface area (Å²) in [5.41, 5.74) is 4.61. The van der Waals surface area contributed by atoms with E-state index in [1.54, 1.807) is 6.07 Å². The standard InChI is InChI=1S/C21H22FN3O/c1-15-20(16(2)25(24-15)19-9-4-3-5-10-19)14-21(26)23-12-11-17-7-6-8-18(22)13-17/h3-10,13H,11-12,14H2,1-2H3,(H,23,26). The van der Waals surface area contributed by atoms with Gasteiger partial charge in [0.2, 0.25) is 5.91 Å². The lowest BCUT2D eigenvalue weighted by molar-refractivity contribution is -0.120. The van der Waals surface area contributed by atoms with Crippen LogP contribution in [0.4, 0.5) is 4.39 Å². The summed E-state index contributed by atoms with van der Waals surface area (Å²) in [6, 6.07) is 16.3. The van der Waals surface area contributed by atoms with E-state index in [0.717, 1.165) is 28.2 Å². The fourth-order valence-electron chi connectivity index (χ4n) is 3.01. The zero-order chi connectivity index (χ0) is 18.5. The van der Waals surface area contributed by atoms with Gasteiger partial charge in [0.25, 0.3) is 0 Å². The number of aromatic nitrogens is 2. The summed E-state index contributed by atoms with van der Waals surface area (Å²) < 4.78 is 15.0. The van der Waals surface area contributed by atoms with Crippen LogP contribution in [0.15, 0.2) is 54.6 Å². The predicted molar refractivity (Wildman–Crippen MR) is 99.9 cm³/mol. The Balaban J connectivity index is 1.62. The van der Waals surface area contributed by atoms with Crippen LogP contribution >= 0.6 is 0 Å². The minimum atomic E-state index is -0.256. The predicted octanol–water partition coefficient (Wildman–Crippen LogP) is 3.53. The van der Waals surface area contributed by atoms with Gasteiger partial charge in [0.15, 0.2) is 0 Å². The molecule has 26 heavy (non-hydrogen) atoms. The zero-order valence-corrected chi connectivity index (χ0v) is 15.0. The lowest BCUT2D eigenvalue weighted by atomic mass is 10.1. The van der Waals surface area contributed by atoms with Crippen molar-refractivity contribution < 1.29 is 9.18 Å². The van der Waals surface area contributed by atoms with Gasteiger partial charge in [0, 0.05) is 17.8 Å². The highest BCUT2D eigenvalue weighted by Gasteiger charge is 2.15. The first-order valence-electron chi connectivity index (χ1n) is 8.66. The molecule has 4 nitrogen and oxygen atoms in total. The molecule has 0 saturated carbocycles. The molecule has 1 amide bonds. The second-order valence-electron chi connectivity index (χ2n) is 6.30. The fraction of sp³-hybridized carbons (Fsp3) is 0.238. The summed E-state index contributed by atoms with van der Waals surface area (Å²) >= 11 is 0. The average Bonchev–Trinajstić information content (AvgIpc) is 2.91. The third-order valence-corrected chi connectivity index (χ3v) is 4.40. The van der Waals surface area contributed by atoms with Crippen LogP contribution in [-0.4, -0.2) is 22.2 Å². The van der Waals surface area contributed by atoms with Gasteiger partial charge in [-0.05, 0) is 50.1 Å². The first-order chi connectivity index (χ1) is 12.5. The van der Waals surface area contributed by atoms with Gasteiger partial charge in [0.05, 0.1) is 17.8 Å². The Kier molecular flexibility index (Phi) is 5.46. The maximum atomic E-state index is 13.2. The van der Waals surface area contributed by atoms with E-state index < -0.39 is 0 Å². The molecule has 3 aromatic rings. The molecule has 0 aliphatic heterocycles. The molecule has 0 aliphatic rings. The first-order valence-corrected chi connectivity index (χ1v) is 8.66. The molecule has 1 N–H and O–H groups in total. The number of carbonyl (C=O) groups excluding carboxylic acids is 1. The molecule has 3 rings (SSSR count). The highest BCUT2D eigenvalue weighted by molar-refractivity contribution is 5.79. The SMILES string of the molecule is Cc1nn(-c2ccccc2)c(C)c1CC(=O)NCCc1cccc(F)c1. The monoisotopic (exact) mass is 351 g/mol. The second kappa shape index (κ2) is 7.95.